The Kier molecular flexibility index (Phi) is 4.48. The number of rotatable bonds is 4. The van der Waals surface area contributed by atoms with Gasteiger partial charge in [-0.15, -0.1) is 0 Å². The van der Waals surface area contributed by atoms with Crippen molar-refractivity contribution in [2.24, 2.45) is 7.05 Å². The number of carbonyl (C=O) groups is 1. The van der Waals surface area contributed by atoms with Crippen LogP contribution in [-0.2, 0) is 11.8 Å². The van der Waals surface area contributed by atoms with Crippen molar-refractivity contribution < 1.29 is 9.53 Å². The number of hydrogen-bond donors (Lipinski definition) is 1. The van der Waals surface area contributed by atoms with Crippen LogP contribution < -0.4 is 5.32 Å². The summed E-state index contributed by atoms with van der Waals surface area (Å²) >= 11 is 0. The number of methoxy groups -OCH3 is 1. The van der Waals surface area contributed by atoms with E-state index >= 15 is 0 Å². The fraction of sp³-hybridized carbons (Fsp3) is 0.105. The summed E-state index contributed by atoms with van der Waals surface area (Å²) in [5.74, 6) is 0.101. The van der Waals surface area contributed by atoms with Gasteiger partial charge in [0.05, 0.1) is 29.4 Å². The van der Waals surface area contributed by atoms with Gasteiger partial charge in [0, 0.05) is 13.2 Å². The molecular weight excluding hydrogens is 316 g/mol. The van der Waals surface area contributed by atoms with Gasteiger partial charge in [-0.2, -0.15) is 5.26 Å². The van der Waals surface area contributed by atoms with Gasteiger partial charge >= 0.3 is 5.97 Å². The normalized spacial score (nSPS) is 11.2. The Morgan fingerprint density at radius 1 is 1.24 bits per heavy atom. The third-order valence-corrected chi connectivity index (χ3v) is 3.85. The lowest BCUT2D eigenvalue weighted by Gasteiger charge is -2.08. The maximum Gasteiger partial charge on any atom is 0.339 e. The highest BCUT2D eigenvalue weighted by Gasteiger charge is 2.13. The molecule has 0 aliphatic carbocycles. The monoisotopic (exact) mass is 332 g/mol. The molecule has 1 heterocycles. The fourth-order valence-electron chi connectivity index (χ4n) is 2.58. The van der Waals surface area contributed by atoms with E-state index in [4.69, 9.17) is 4.74 Å². The summed E-state index contributed by atoms with van der Waals surface area (Å²) in [7, 11) is 3.19. The molecule has 6 heteroatoms. The summed E-state index contributed by atoms with van der Waals surface area (Å²) < 4.78 is 6.63. The number of aryl methyl sites for hydroxylation is 1. The molecule has 0 aliphatic heterocycles. The number of aromatic nitrogens is 2. The maximum atomic E-state index is 11.8. The first-order valence-corrected chi connectivity index (χ1v) is 7.61. The van der Waals surface area contributed by atoms with Gasteiger partial charge < -0.3 is 14.6 Å². The molecule has 0 bridgehead atoms. The number of para-hydroxylation sites is 3. The lowest BCUT2D eigenvalue weighted by Crippen LogP contribution is -2.05. The smallest absolute Gasteiger partial charge is 0.339 e. The minimum absolute atomic E-state index is 0.360. The summed E-state index contributed by atoms with van der Waals surface area (Å²) in [6, 6.07) is 16.8. The van der Waals surface area contributed by atoms with Crippen LogP contribution >= 0.6 is 0 Å². The second-order valence-corrected chi connectivity index (χ2v) is 5.33. The number of anilines is 1. The summed E-state index contributed by atoms with van der Waals surface area (Å²) in [5.41, 5.74) is 3.06. The van der Waals surface area contributed by atoms with Crippen molar-refractivity contribution in [3.63, 3.8) is 0 Å². The van der Waals surface area contributed by atoms with E-state index < -0.39 is 5.97 Å². The van der Waals surface area contributed by atoms with E-state index in [1.54, 1.807) is 30.5 Å². The summed E-state index contributed by atoms with van der Waals surface area (Å²) in [6.45, 7) is 0. The Balaban J connectivity index is 1.98. The lowest BCUT2D eigenvalue weighted by atomic mass is 10.2. The molecule has 1 N–H and O–H groups in total. The minimum Gasteiger partial charge on any atom is -0.465 e. The number of allylic oxidation sites excluding steroid dienone is 1. The summed E-state index contributed by atoms with van der Waals surface area (Å²) in [4.78, 5) is 16.3. The van der Waals surface area contributed by atoms with Crippen molar-refractivity contribution in [2.45, 2.75) is 0 Å². The van der Waals surface area contributed by atoms with Crippen LogP contribution in [0.25, 0.3) is 16.6 Å². The van der Waals surface area contributed by atoms with Crippen LogP contribution in [0.4, 0.5) is 5.69 Å². The molecule has 0 atom stereocenters. The van der Waals surface area contributed by atoms with Gasteiger partial charge in [-0.3, -0.25) is 0 Å². The van der Waals surface area contributed by atoms with Crippen LogP contribution in [0.5, 0.6) is 0 Å². The Hall–Kier alpha value is -3.59. The van der Waals surface area contributed by atoms with E-state index in [-0.39, 0.29) is 0 Å². The van der Waals surface area contributed by atoms with Crippen molar-refractivity contribution in [3.8, 4) is 6.07 Å². The molecule has 2 aromatic carbocycles. The van der Waals surface area contributed by atoms with Gasteiger partial charge in [-0.05, 0) is 24.3 Å². The first-order valence-electron chi connectivity index (χ1n) is 7.61. The highest BCUT2D eigenvalue weighted by Crippen LogP contribution is 2.21. The summed E-state index contributed by atoms with van der Waals surface area (Å²) in [5, 5.41) is 12.5. The van der Waals surface area contributed by atoms with Crippen LogP contribution in [0.1, 0.15) is 16.2 Å². The third-order valence-electron chi connectivity index (χ3n) is 3.85. The maximum absolute atomic E-state index is 11.8. The van der Waals surface area contributed by atoms with Crippen molar-refractivity contribution in [1.29, 1.82) is 5.26 Å². The zero-order valence-electron chi connectivity index (χ0n) is 13.9. The number of fused-ring (bicyclic) bond motifs is 1. The topological polar surface area (TPSA) is 79.9 Å². The second-order valence-electron chi connectivity index (χ2n) is 5.33. The van der Waals surface area contributed by atoms with Crippen LogP contribution in [0, 0.1) is 11.3 Å². The number of hydrogen-bond acceptors (Lipinski definition) is 5. The van der Waals surface area contributed by atoms with Crippen LogP contribution in [0.3, 0.4) is 0 Å². The molecule has 0 amide bonds. The van der Waals surface area contributed by atoms with E-state index in [1.165, 1.54) is 7.11 Å². The van der Waals surface area contributed by atoms with Gasteiger partial charge in [0.1, 0.15) is 11.6 Å². The summed E-state index contributed by atoms with van der Waals surface area (Å²) in [6.07, 6.45) is 1.54. The van der Waals surface area contributed by atoms with Gasteiger partial charge in [0.2, 0.25) is 0 Å². The molecule has 0 spiro atoms. The number of imidazole rings is 1. The molecule has 0 saturated carbocycles. The molecule has 6 nitrogen and oxygen atoms in total. The second kappa shape index (κ2) is 6.89. The van der Waals surface area contributed by atoms with E-state index in [0.717, 1.165) is 11.0 Å². The molecule has 0 radical (unpaired) electrons. The van der Waals surface area contributed by atoms with Gasteiger partial charge in [-0.1, -0.05) is 24.3 Å². The van der Waals surface area contributed by atoms with Crippen molar-refractivity contribution in [2.75, 3.05) is 12.4 Å². The molecule has 0 fully saturated rings. The molecular formula is C19H16N4O2. The first kappa shape index (κ1) is 16.3. The van der Waals surface area contributed by atoms with Crippen molar-refractivity contribution in [1.82, 2.24) is 9.55 Å². The van der Waals surface area contributed by atoms with Crippen LogP contribution in [-0.4, -0.2) is 22.6 Å². The van der Waals surface area contributed by atoms with E-state index in [2.05, 4.69) is 16.4 Å². The predicted octanol–water partition coefficient (Wildman–Crippen LogP) is 3.34. The SMILES string of the molecule is COC(=O)c1ccccc1NC=C(C#N)c1nc2ccccc2n1C. The molecule has 0 unspecified atom stereocenters. The Bertz CT molecular complexity index is 1010. The van der Waals surface area contributed by atoms with Crippen LogP contribution in [0.2, 0.25) is 0 Å². The first-order chi connectivity index (χ1) is 12.2. The van der Waals surface area contributed by atoms with Crippen molar-refractivity contribution in [3.05, 3.63) is 66.1 Å². The van der Waals surface area contributed by atoms with E-state index in [9.17, 15) is 10.1 Å². The largest absolute Gasteiger partial charge is 0.465 e. The molecule has 3 rings (SSSR count). The zero-order valence-corrected chi connectivity index (χ0v) is 13.9. The molecule has 0 saturated heterocycles. The number of carbonyl (C=O) groups excluding carboxylic acids is 1. The zero-order chi connectivity index (χ0) is 17.8. The lowest BCUT2D eigenvalue weighted by molar-refractivity contribution is 0.0602. The number of ether oxygens (including phenoxy) is 1. The number of esters is 1. The van der Waals surface area contributed by atoms with Crippen molar-refractivity contribution >= 4 is 28.3 Å². The Morgan fingerprint density at radius 3 is 2.68 bits per heavy atom. The van der Waals surface area contributed by atoms with Gasteiger partial charge in [0.15, 0.2) is 5.82 Å². The van der Waals surface area contributed by atoms with E-state index in [1.807, 2.05) is 35.9 Å². The Labute approximate surface area is 145 Å². The average molecular weight is 332 g/mol. The molecule has 1 aromatic heterocycles. The molecule has 25 heavy (non-hydrogen) atoms. The fourth-order valence-corrected chi connectivity index (χ4v) is 2.58. The van der Waals surface area contributed by atoms with Crippen LogP contribution in [0.15, 0.2) is 54.7 Å². The molecule has 0 aliphatic rings. The van der Waals surface area contributed by atoms with E-state index in [0.29, 0.717) is 22.6 Å². The van der Waals surface area contributed by atoms with Gasteiger partial charge in [0.25, 0.3) is 0 Å². The average Bonchev–Trinajstić information content (AvgIpc) is 2.99. The molecule has 3 aromatic rings. The number of nitrogens with zero attached hydrogens (tertiary/aromatic N) is 3. The quantitative estimate of drug-likeness (QED) is 0.585. The highest BCUT2D eigenvalue weighted by molar-refractivity contribution is 5.96. The molecule has 124 valence electrons. The third kappa shape index (κ3) is 3.08. The Morgan fingerprint density at radius 2 is 1.96 bits per heavy atom. The minimum atomic E-state index is -0.447. The number of benzene rings is 2. The van der Waals surface area contributed by atoms with Gasteiger partial charge in [-0.25, -0.2) is 9.78 Å². The highest BCUT2D eigenvalue weighted by atomic mass is 16.5. The standard InChI is InChI=1S/C19H16N4O2/c1-23-17-10-6-5-9-16(17)22-18(23)13(11-20)12-21-15-8-4-3-7-14(15)19(24)25-2/h3-10,12,21H,1-2H3. The predicted molar refractivity (Wildman–Crippen MR) is 95.7 cm³/mol. The number of nitrogens with one attached hydrogen (secondary N) is 1. The number of nitriles is 1.